The van der Waals surface area contributed by atoms with E-state index in [-0.39, 0.29) is 17.8 Å². The van der Waals surface area contributed by atoms with Crippen molar-refractivity contribution in [1.82, 2.24) is 4.90 Å². The number of nitrogens with one attached hydrogen (secondary N) is 1. The molecule has 1 unspecified atom stereocenters. The number of piperidine rings is 1. The molecule has 1 saturated heterocycles. The number of hydrogen-bond donors (Lipinski definition) is 1. The van der Waals surface area contributed by atoms with Crippen LogP contribution in [0.2, 0.25) is 0 Å². The van der Waals surface area contributed by atoms with Crippen molar-refractivity contribution in [2.24, 2.45) is 0 Å². The molecule has 1 heterocycles. The lowest BCUT2D eigenvalue weighted by Gasteiger charge is -2.34. The van der Waals surface area contributed by atoms with Gasteiger partial charge in [0.15, 0.2) is 11.6 Å². The van der Waals surface area contributed by atoms with Crippen molar-refractivity contribution in [3.05, 3.63) is 29.8 Å². The molecule has 0 bridgehead atoms. The SMILES string of the molecule is CC(C)(C)OC(=O)N1CCCC(Nc2cccc(F)c2F)C1. The van der Waals surface area contributed by atoms with Gasteiger partial charge in [-0.1, -0.05) is 6.07 Å². The van der Waals surface area contributed by atoms with Gasteiger partial charge in [0.25, 0.3) is 0 Å². The Labute approximate surface area is 129 Å². The van der Waals surface area contributed by atoms with Crippen molar-refractivity contribution in [3.8, 4) is 0 Å². The van der Waals surface area contributed by atoms with Crippen molar-refractivity contribution >= 4 is 11.8 Å². The number of amides is 1. The number of carbonyl (C=O) groups is 1. The van der Waals surface area contributed by atoms with Crippen LogP contribution >= 0.6 is 0 Å². The summed E-state index contributed by atoms with van der Waals surface area (Å²) in [7, 11) is 0. The van der Waals surface area contributed by atoms with E-state index in [1.165, 1.54) is 12.1 Å². The second-order valence-electron chi connectivity index (χ2n) is 6.51. The largest absolute Gasteiger partial charge is 0.444 e. The first-order valence-electron chi connectivity index (χ1n) is 7.45. The van der Waals surface area contributed by atoms with Crippen LogP contribution in [-0.2, 0) is 4.74 Å². The number of anilines is 1. The molecule has 0 saturated carbocycles. The van der Waals surface area contributed by atoms with Gasteiger partial charge in [0.05, 0.1) is 5.69 Å². The minimum Gasteiger partial charge on any atom is -0.444 e. The molecular formula is C16H22F2N2O2. The van der Waals surface area contributed by atoms with Crippen molar-refractivity contribution < 1.29 is 18.3 Å². The molecule has 1 aliphatic rings. The summed E-state index contributed by atoms with van der Waals surface area (Å²) in [4.78, 5) is 13.7. The van der Waals surface area contributed by atoms with Gasteiger partial charge in [-0.3, -0.25) is 0 Å². The molecule has 0 aromatic heterocycles. The molecule has 22 heavy (non-hydrogen) atoms. The van der Waals surface area contributed by atoms with Gasteiger partial charge >= 0.3 is 6.09 Å². The number of halogens is 2. The Morgan fingerprint density at radius 3 is 2.77 bits per heavy atom. The Bertz CT molecular complexity index is 543. The Kier molecular flexibility index (Phi) is 4.88. The quantitative estimate of drug-likeness (QED) is 0.903. The number of hydrogen-bond acceptors (Lipinski definition) is 3. The fraction of sp³-hybridized carbons (Fsp3) is 0.562. The van der Waals surface area contributed by atoms with Crippen molar-refractivity contribution in [2.75, 3.05) is 18.4 Å². The highest BCUT2D eigenvalue weighted by atomic mass is 19.2. The average Bonchev–Trinajstić information content (AvgIpc) is 2.42. The molecule has 6 heteroatoms. The molecule has 1 aromatic carbocycles. The topological polar surface area (TPSA) is 41.6 Å². The van der Waals surface area contributed by atoms with Crippen LogP contribution in [0.4, 0.5) is 19.3 Å². The summed E-state index contributed by atoms with van der Waals surface area (Å²) in [6, 6.07) is 3.89. The molecule has 0 aliphatic carbocycles. The maximum atomic E-state index is 13.7. The first kappa shape index (κ1) is 16.5. The van der Waals surface area contributed by atoms with E-state index < -0.39 is 17.2 Å². The van der Waals surface area contributed by atoms with E-state index >= 15 is 0 Å². The van der Waals surface area contributed by atoms with E-state index in [4.69, 9.17) is 4.74 Å². The third kappa shape index (κ3) is 4.32. The summed E-state index contributed by atoms with van der Waals surface area (Å²) >= 11 is 0. The molecule has 2 rings (SSSR count). The van der Waals surface area contributed by atoms with E-state index in [9.17, 15) is 13.6 Å². The molecule has 122 valence electrons. The molecule has 1 aliphatic heterocycles. The monoisotopic (exact) mass is 312 g/mol. The molecule has 1 atom stereocenters. The van der Waals surface area contributed by atoms with Gasteiger partial charge in [-0.25, -0.2) is 13.6 Å². The van der Waals surface area contributed by atoms with Gasteiger partial charge in [-0.15, -0.1) is 0 Å². The van der Waals surface area contributed by atoms with Crippen LogP contribution in [0.15, 0.2) is 18.2 Å². The highest BCUT2D eigenvalue weighted by molar-refractivity contribution is 5.68. The predicted octanol–water partition coefficient (Wildman–Crippen LogP) is 3.78. The molecule has 1 N–H and O–H groups in total. The molecule has 1 amide bonds. The van der Waals surface area contributed by atoms with Crippen LogP contribution in [0, 0.1) is 11.6 Å². The summed E-state index contributed by atoms with van der Waals surface area (Å²) in [6.45, 7) is 6.45. The fourth-order valence-electron chi connectivity index (χ4n) is 2.42. The molecule has 1 aromatic rings. The normalized spacial score (nSPS) is 19.0. The second-order valence-corrected chi connectivity index (χ2v) is 6.51. The average molecular weight is 312 g/mol. The van der Waals surface area contributed by atoms with E-state index in [0.29, 0.717) is 13.1 Å². The summed E-state index contributed by atoms with van der Waals surface area (Å²) in [5, 5.41) is 2.97. The first-order chi connectivity index (χ1) is 10.3. The third-order valence-corrected chi connectivity index (χ3v) is 3.38. The van der Waals surface area contributed by atoms with E-state index in [2.05, 4.69) is 5.32 Å². The van der Waals surface area contributed by atoms with Gasteiger partial charge in [0.2, 0.25) is 0 Å². The number of rotatable bonds is 2. The number of likely N-dealkylation sites (tertiary alicyclic amines) is 1. The molecule has 0 radical (unpaired) electrons. The van der Waals surface area contributed by atoms with Crippen LogP contribution in [0.5, 0.6) is 0 Å². The Morgan fingerprint density at radius 2 is 2.09 bits per heavy atom. The Hall–Kier alpha value is -1.85. The molecular weight excluding hydrogens is 290 g/mol. The maximum absolute atomic E-state index is 13.7. The summed E-state index contributed by atoms with van der Waals surface area (Å²) in [5.74, 6) is -1.78. The highest BCUT2D eigenvalue weighted by Crippen LogP contribution is 2.21. The minimum absolute atomic E-state index is 0.121. The highest BCUT2D eigenvalue weighted by Gasteiger charge is 2.28. The van der Waals surface area contributed by atoms with Crippen molar-refractivity contribution in [3.63, 3.8) is 0 Å². The molecule has 1 fully saturated rings. The lowest BCUT2D eigenvalue weighted by Crippen LogP contribution is -2.47. The van der Waals surface area contributed by atoms with Gasteiger partial charge in [0.1, 0.15) is 5.60 Å². The maximum Gasteiger partial charge on any atom is 0.410 e. The molecule has 4 nitrogen and oxygen atoms in total. The first-order valence-corrected chi connectivity index (χ1v) is 7.45. The number of nitrogens with zero attached hydrogens (tertiary/aromatic N) is 1. The lowest BCUT2D eigenvalue weighted by molar-refractivity contribution is 0.0206. The number of ether oxygens (including phenoxy) is 1. The Morgan fingerprint density at radius 1 is 1.36 bits per heavy atom. The van der Waals surface area contributed by atoms with Gasteiger partial charge in [0, 0.05) is 19.1 Å². The van der Waals surface area contributed by atoms with Gasteiger partial charge in [-0.2, -0.15) is 0 Å². The fourth-order valence-corrected chi connectivity index (χ4v) is 2.42. The smallest absolute Gasteiger partial charge is 0.410 e. The van der Waals surface area contributed by atoms with Crippen LogP contribution in [0.1, 0.15) is 33.6 Å². The number of carbonyl (C=O) groups excluding carboxylic acids is 1. The van der Waals surface area contributed by atoms with Crippen LogP contribution in [0.25, 0.3) is 0 Å². The zero-order chi connectivity index (χ0) is 16.3. The molecule has 0 spiro atoms. The predicted molar refractivity (Wildman–Crippen MR) is 80.8 cm³/mol. The van der Waals surface area contributed by atoms with E-state index in [1.54, 1.807) is 4.90 Å². The second kappa shape index (κ2) is 6.50. The number of benzene rings is 1. The van der Waals surface area contributed by atoms with E-state index in [1.807, 2.05) is 20.8 Å². The standard InChI is InChI=1S/C16H22F2N2O2/c1-16(2,3)22-15(21)20-9-5-6-11(10-20)19-13-8-4-7-12(17)14(13)18/h4,7-8,11,19H,5-6,9-10H2,1-3H3. The third-order valence-electron chi connectivity index (χ3n) is 3.38. The summed E-state index contributed by atoms with van der Waals surface area (Å²) in [6.07, 6.45) is 1.20. The minimum atomic E-state index is -0.892. The van der Waals surface area contributed by atoms with Crippen molar-refractivity contribution in [1.29, 1.82) is 0 Å². The zero-order valence-electron chi connectivity index (χ0n) is 13.2. The van der Waals surface area contributed by atoms with Crippen LogP contribution < -0.4 is 5.32 Å². The van der Waals surface area contributed by atoms with Gasteiger partial charge in [-0.05, 0) is 45.7 Å². The van der Waals surface area contributed by atoms with E-state index in [0.717, 1.165) is 18.9 Å². The Balaban J connectivity index is 1.99. The summed E-state index contributed by atoms with van der Waals surface area (Å²) < 4.78 is 32.3. The zero-order valence-corrected chi connectivity index (χ0v) is 13.2. The van der Waals surface area contributed by atoms with Crippen LogP contribution in [0.3, 0.4) is 0 Å². The lowest BCUT2D eigenvalue weighted by atomic mass is 10.1. The van der Waals surface area contributed by atoms with Gasteiger partial charge < -0.3 is 15.0 Å². The van der Waals surface area contributed by atoms with Crippen molar-refractivity contribution in [2.45, 2.75) is 45.3 Å². The summed E-state index contributed by atoms with van der Waals surface area (Å²) in [5.41, 5.74) is -0.428. The van der Waals surface area contributed by atoms with Crippen LogP contribution in [-0.4, -0.2) is 35.7 Å².